The quantitative estimate of drug-likeness (QED) is 0.389. The number of rotatable bonds is 4. The molecule has 0 aromatic heterocycles. The lowest BCUT2D eigenvalue weighted by Gasteiger charge is -2.24. The standard InChI is InChI=1S/C13H16Cl2F3N3O.HI/c1-19-12(20-6-11(22)13(16,17)18)21(2)7-8-3-4-9(14)10(15)5-8;/h3-5,11,22H,6-7H2,1-2H3,(H,19,20);1H. The molecule has 1 rings (SSSR count). The molecule has 1 aromatic carbocycles. The largest absolute Gasteiger partial charge is 0.416 e. The summed E-state index contributed by atoms with van der Waals surface area (Å²) in [5, 5.41) is 12.3. The van der Waals surface area contributed by atoms with E-state index in [9.17, 15) is 13.2 Å². The Hall–Kier alpha value is -0.450. The minimum absolute atomic E-state index is 0. The first-order chi connectivity index (χ1) is 10.1. The molecule has 0 amide bonds. The lowest BCUT2D eigenvalue weighted by atomic mass is 10.2. The van der Waals surface area contributed by atoms with Gasteiger partial charge in [-0.25, -0.2) is 0 Å². The van der Waals surface area contributed by atoms with E-state index in [4.69, 9.17) is 28.3 Å². The van der Waals surface area contributed by atoms with E-state index in [0.29, 0.717) is 16.6 Å². The summed E-state index contributed by atoms with van der Waals surface area (Å²) >= 11 is 11.7. The van der Waals surface area contributed by atoms with Crippen molar-refractivity contribution in [2.75, 3.05) is 20.6 Å². The van der Waals surface area contributed by atoms with E-state index in [1.807, 2.05) is 0 Å². The second kappa shape index (κ2) is 9.75. The zero-order chi connectivity index (χ0) is 16.9. The maximum absolute atomic E-state index is 12.3. The Labute approximate surface area is 159 Å². The van der Waals surface area contributed by atoms with E-state index in [1.54, 1.807) is 30.1 Å². The van der Waals surface area contributed by atoms with Crippen molar-refractivity contribution in [2.45, 2.75) is 18.8 Å². The van der Waals surface area contributed by atoms with Crippen LogP contribution in [0.5, 0.6) is 0 Å². The Bertz CT molecular complexity index is 544. The predicted molar refractivity (Wildman–Crippen MR) is 96.8 cm³/mol. The molecule has 0 aliphatic rings. The minimum Gasteiger partial charge on any atom is -0.382 e. The molecule has 0 spiro atoms. The van der Waals surface area contributed by atoms with Gasteiger partial charge in [0.25, 0.3) is 0 Å². The van der Waals surface area contributed by atoms with E-state index in [0.717, 1.165) is 5.56 Å². The zero-order valence-electron chi connectivity index (χ0n) is 12.4. The summed E-state index contributed by atoms with van der Waals surface area (Å²) in [6, 6.07) is 5.05. The van der Waals surface area contributed by atoms with Crippen LogP contribution in [-0.2, 0) is 6.54 Å². The molecular formula is C13H17Cl2F3IN3O. The number of hydrogen-bond donors (Lipinski definition) is 2. The van der Waals surface area contributed by atoms with Crippen LogP contribution in [0, 0.1) is 0 Å². The molecule has 4 nitrogen and oxygen atoms in total. The number of guanidine groups is 1. The van der Waals surface area contributed by atoms with Gasteiger partial charge in [0.15, 0.2) is 12.1 Å². The molecule has 1 aromatic rings. The molecule has 0 aliphatic carbocycles. The maximum Gasteiger partial charge on any atom is 0.416 e. The smallest absolute Gasteiger partial charge is 0.382 e. The number of benzene rings is 1. The van der Waals surface area contributed by atoms with Gasteiger partial charge < -0.3 is 15.3 Å². The van der Waals surface area contributed by atoms with Gasteiger partial charge in [0.2, 0.25) is 0 Å². The Morgan fingerprint density at radius 1 is 1.35 bits per heavy atom. The maximum atomic E-state index is 12.3. The fourth-order valence-electron chi connectivity index (χ4n) is 1.68. The third-order valence-corrected chi connectivity index (χ3v) is 3.55. The van der Waals surface area contributed by atoms with Gasteiger partial charge in [-0.3, -0.25) is 4.99 Å². The lowest BCUT2D eigenvalue weighted by molar-refractivity contribution is -0.201. The Balaban J connectivity index is 0.00000484. The second-order valence-electron chi connectivity index (χ2n) is 4.59. The van der Waals surface area contributed by atoms with Crippen molar-refractivity contribution in [3.05, 3.63) is 33.8 Å². The van der Waals surface area contributed by atoms with E-state index in [-0.39, 0.29) is 29.9 Å². The number of aliphatic hydroxyl groups excluding tert-OH is 1. The normalized spacial score (nSPS) is 13.3. The number of alkyl halides is 3. The van der Waals surface area contributed by atoms with Gasteiger partial charge in [0.1, 0.15) is 0 Å². The Kier molecular flexibility index (Phi) is 9.56. The summed E-state index contributed by atoms with van der Waals surface area (Å²) in [5.41, 5.74) is 0.816. The van der Waals surface area contributed by atoms with Crippen molar-refractivity contribution in [3.63, 3.8) is 0 Å². The molecule has 0 saturated carbocycles. The van der Waals surface area contributed by atoms with Crippen molar-refractivity contribution in [1.29, 1.82) is 0 Å². The summed E-state index contributed by atoms with van der Waals surface area (Å²) in [5.74, 6) is 0.217. The second-order valence-corrected chi connectivity index (χ2v) is 5.40. The fraction of sp³-hybridized carbons (Fsp3) is 0.462. The highest BCUT2D eigenvalue weighted by Crippen LogP contribution is 2.23. The molecule has 0 aliphatic heterocycles. The van der Waals surface area contributed by atoms with Crippen molar-refractivity contribution >= 4 is 53.1 Å². The van der Waals surface area contributed by atoms with Gasteiger partial charge in [-0.15, -0.1) is 24.0 Å². The number of aliphatic imine (C=N–C) groups is 1. The first-order valence-electron chi connectivity index (χ1n) is 6.25. The molecule has 2 N–H and O–H groups in total. The van der Waals surface area contributed by atoms with Gasteiger partial charge >= 0.3 is 6.18 Å². The van der Waals surface area contributed by atoms with Gasteiger partial charge in [-0.1, -0.05) is 29.3 Å². The Morgan fingerprint density at radius 2 is 1.96 bits per heavy atom. The van der Waals surface area contributed by atoms with Crippen LogP contribution < -0.4 is 5.32 Å². The third kappa shape index (κ3) is 7.32. The van der Waals surface area contributed by atoms with Crippen molar-refractivity contribution in [3.8, 4) is 0 Å². The van der Waals surface area contributed by atoms with Gasteiger partial charge in [-0.05, 0) is 17.7 Å². The predicted octanol–water partition coefficient (Wildman–Crippen LogP) is 3.54. The molecule has 0 heterocycles. The molecular weight excluding hydrogens is 469 g/mol. The number of nitrogens with zero attached hydrogens (tertiary/aromatic N) is 2. The highest BCUT2D eigenvalue weighted by atomic mass is 127. The highest BCUT2D eigenvalue weighted by molar-refractivity contribution is 14.0. The van der Waals surface area contributed by atoms with Crippen molar-refractivity contribution in [1.82, 2.24) is 10.2 Å². The molecule has 0 fully saturated rings. The molecule has 0 radical (unpaired) electrons. The van der Waals surface area contributed by atoms with Gasteiger partial charge in [-0.2, -0.15) is 13.2 Å². The van der Waals surface area contributed by atoms with Crippen LogP contribution in [0.25, 0.3) is 0 Å². The SMILES string of the molecule is CN=C(NCC(O)C(F)(F)F)N(C)Cc1ccc(Cl)c(Cl)c1.I. The number of hydrogen-bond acceptors (Lipinski definition) is 2. The van der Waals surface area contributed by atoms with Crippen LogP contribution >= 0.6 is 47.2 Å². The minimum atomic E-state index is -4.67. The summed E-state index contributed by atoms with van der Waals surface area (Å²) in [6.45, 7) is -0.319. The van der Waals surface area contributed by atoms with E-state index >= 15 is 0 Å². The molecule has 1 atom stereocenters. The van der Waals surface area contributed by atoms with Crippen LogP contribution in [0.15, 0.2) is 23.2 Å². The molecule has 23 heavy (non-hydrogen) atoms. The third-order valence-electron chi connectivity index (χ3n) is 2.81. The first kappa shape index (κ1) is 22.6. The highest BCUT2D eigenvalue weighted by Gasteiger charge is 2.38. The molecule has 1 unspecified atom stereocenters. The molecule has 0 bridgehead atoms. The van der Waals surface area contributed by atoms with Gasteiger partial charge in [0.05, 0.1) is 16.6 Å². The first-order valence-corrected chi connectivity index (χ1v) is 7.01. The zero-order valence-corrected chi connectivity index (χ0v) is 16.2. The van der Waals surface area contributed by atoms with Crippen LogP contribution in [0.3, 0.4) is 0 Å². The van der Waals surface area contributed by atoms with Crippen LogP contribution in [-0.4, -0.2) is 48.9 Å². The monoisotopic (exact) mass is 485 g/mol. The average molecular weight is 486 g/mol. The van der Waals surface area contributed by atoms with Crippen LogP contribution in [0.4, 0.5) is 13.2 Å². The number of aliphatic hydroxyl groups is 1. The van der Waals surface area contributed by atoms with Crippen molar-refractivity contribution in [2.24, 2.45) is 4.99 Å². The summed E-state index contributed by atoms with van der Waals surface area (Å²) in [7, 11) is 3.09. The molecule has 0 saturated heterocycles. The summed E-state index contributed by atoms with van der Waals surface area (Å²) in [6.07, 6.45) is -7.13. The average Bonchev–Trinajstić information content (AvgIpc) is 2.42. The topological polar surface area (TPSA) is 47.9 Å². The van der Waals surface area contributed by atoms with E-state index in [2.05, 4.69) is 10.3 Å². The van der Waals surface area contributed by atoms with Crippen molar-refractivity contribution < 1.29 is 18.3 Å². The summed E-state index contributed by atoms with van der Waals surface area (Å²) in [4.78, 5) is 5.47. The van der Waals surface area contributed by atoms with Crippen LogP contribution in [0.2, 0.25) is 10.0 Å². The summed E-state index contributed by atoms with van der Waals surface area (Å²) < 4.78 is 36.8. The van der Waals surface area contributed by atoms with E-state index in [1.165, 1.54) is 7.05 Å². The number of halogens is 6. The fourth-order valence-corrected chi connectivity index (χ4v) is 2.00. The molecule has 10 heteroatoms. The molecule has 132 valence electrons. The van der Waals surface area contributed by atoms with Gasteiger partial charge in [0, 0.05) is 20.6 Å². The number of nitrogens with one attached hydrogen (secondary N) is 1. The Morgan fingerprint density at radius 3 is 2.43 bits per heavy atom. The van der Waals surface area contributed by atoms with E-state index < -0.39 is 18.8 Å². The van der Waals surface area contributed by atoms with Crippen LogP contribution in [0.1, 0.15) is 5.56 Å². The lowest BCUT2D eigenvalue weighted by Crippen LogP contribution is -2.45.